The molecule has 0 unspecified atom stereocenters. The maximum absolute atomic E-state index is 13.1. The minimum absolute atomic E-state index is 0.0238. The highest BCUT2D eigenvalue weighted by Crippen LogP contribution is 2.36. The minimum atomic E-state index is -0.0238. The first-order valence-corrected chi connectivity index (χ1v) is 18.6. The Bertz CT molecular complexity index is 2200. The lowest BCUT2D eigenvalue weighted by Gasteiger charge is -2.36. The predicted octanol–water partition coefficient (Wildman–Crippen LogP) is 8.49. The number of nitrogens with one attached hydrogen (secondary N) is 2. The Morgan fingerprint density at radius 2 is 1.15 bits per heavy atom. The number of carbonyl (C=O) groups is 2. The molecule has 2 fully saturated rings. The van der Waals surface area contributed by atoms with Crippen LogP contribution in [0.1, 0.15) is 24.0 Å². The average molecular weight is 759 g/mol. The molecule has 282 valence electrons. The lowest BCUT2D eigenvalue weighted by molar-refractivity contribution is 0.192. The van der Waals surface area contributed by atoms with E-state index in [1.165, 1.54) is 0 Å². The van der Waals surface area contributed by atoms with Crippen LogP contribution < -0.4 is 19.3 Å². The fraction of sp³-hybridized carbons (Fsp3) is 0.238. The van der Waals surface area contributed by atoms with E-state index in [9.17, 15) is 9.59 Å². The molecule has 2 aliphatic rings. The molecule has 12 nitrogen and oxygen atoms in total. The van der Waals surface area contributed by atoms with E-state index in [2.05, 4.69) is 32.5 Å². The van der Waals surface area contributed by atoms with Gasteiger partial charge < -0.3 is 19.3 Å². The van der Waals surface area contributed by atoms with Gasteiger partial charge in [0, 0.05) is 102 Å². The summed E-state index contributed by atoms with van der Waals surface area (Å²) in [5.74, 6) is 1.43. The zero-order chi connectivity index (χ0) is 38.1. The van der Waals surface area contributed by atoms with E-state index in [1.807, 2.05) is 106 Å². The first-order valence-electron chi connectivity index (χ1n) is 18.2. The van der Waals surface area contributed by atoms with Crippen molar-refractivity contribution in [1.82, 2.24) is 30.2 Å². The molecule has 55 heavy (non-hydrogen) atoms. The van der Waals surface area contributed by atoms with Crippen molar-refractivity contribution in [3.63, 3.8) is 0 Å². The molecule has 2 saturated heterocycles. The van der Waals surface area contributed by atoms with E-state index in [0.29, 0.717) is 43.5 Å². The third-order valence-electron chi connectivity index (χ3n) is 9.77. The molecule has 4 aromatic carbocycles. The maximum atomic E-state index is 13.1. The number of rotatable bonds is 10. The van der Waals surface area contributed by atoms with Crippen LogP contribution in [0.5, 0.6) is 11.5 Å². The summed E-state index contributed by atoms with van der Waals surface area (Å²) in [6.07, 6.45) is 8.96. The number of anilines is 2. The van der Waals surface area contributed by atoms with Crippen LogP contribution in [0.3, 0.4) is 0 Å². The highest BCUT2D eigenvalue weighted by atomic mass is 35.5. The Hall–Kier alpha value is -6.27. The normalized spacial score (nSPS) is 14.5. The fourth-order valence-corrected chi connectivity index (χ4v) is 7.14. The van der Waals surface area contributed by atoms with Crippen molar-refractivity contribution in [2.24, 2.45) is 0 Å². The van der Waals surface area contributed by atoms with Gasteiger partial charge in [0.2, 0.25) is 0 Å². The summed E-state index contributed by atoms with van der Waals surface area (Å²) in [5.41, 5.74) is 7.52. The third kappa shape index (κ3) is 8.44. The molecule has 2 N–H and O–H groups in total. The maximum Gasteiger partial charge on any atom is 0.324 e. The quantitative estimate of drug-likeness (QED) is 0.145. The second-order valence-corrected chi connectivity index (χ2v) is 13.6. The molecular weight excluding hydrogens is 716 g/mol. The molecule has 13 heteroatoms. The van der Waals surface area contributed by atoms with E-state index in [1.54, 1.807) is 31.5 Å². The molecule has 0 radical (unpaired) electrons. The molecule has 6 aromatic rings. The second kappa shape index (κ2) is 17.3. The van der Waals surface area contributed by atoms with E-state index in [-0.39, 0.29) is 12.1 Å². The van der Waals surface area contributed by atoms with Gasteiger partial charge in [-0.05, 0) is 54.3 Å². The number of hydrogen-bond donors (Lipinski definition) is 2. The summed E-state index contributed by atoms with van der Waals surface area (Å²) < 4.78 is 11.1. The van der Waals surface area contributed by atoms with E-state index in [4.69, 9.17) is 21.1 Å². The minimum Gasteiger partial charge on any atom is -0.496 e. The molecule has 0 aliphatic carbocycles. The number of amides is 4. The summed E-state index contributed by atoms with van der Waals surface area (Å²) in [7, 11) is 3.27. The summed E-state index contributed by atoms with van der Waals surface area (Å²) in [6.45, 7) is 3.99. The Kier molecular flexibility index (Phi) is 11.6. The lowest BCUT2D eigenvalue weighted by Crippen LogP contribution is -2.49. The number of aromatic amines is 2. The molecule has 2 aliphatic heterocycles. The zero-order valence-electron chi connectivity index (χ0n) is 30.8. The Labute approximate surface area is 325 Å². The molecular formula is C42H43ClN8O4. The third-order valence-corrected chi connectivity index (χ3v) is 10.1. The van der Waals surface area contributed by atoms with Gasteiger partial charge in [0.05, 0.1) is 26.6 Å². The molecule has 0 saturated carbocycles. The summed E-state index contributed by atoms with van der Waals surface area (Å²) in [6, 6.07) is 29.4. The topological polar surface area (TPSA) is 123 Å². The standard InChI is InChI=1S/C21H21ClN4O2.C21H22N4O2/c1-28-20-11-17(7-8-18(20)16-12-23-24-13-16)26-10-4-9-25(21(26)27)14-15-5-2-3-6-19(15)22;1-27-20-12-18(8-9-19(20)17-13-22-23-14-17)25-11-5-10-24(21(25)26)15-16-6-3-2-4-7-16/h2-3,5-8,11-13H,4,9-10,14H2,1H3,(H,23,24);2-4,6-9,12-14H,5,10-11,15H2,1H3,(H,22,23). The van der Waals surface area contributed by atoms with Crippen LogP contribution in [0.25, 0.3) is 22.3 Å². The molecule has 2 aromatic heterocycles. The van der Waals surface area contributed by atoms with Crippen LogP contribution in [0.2, 0.25) is 5.02 Å². The second-order valence-electron chi connectivity index (χ2n) is 13.2. The van der Waals surface area contributed by atoms with Gasteiger partial charge in [-0.1, -0.05) is 60.1 Å². The smallest absolute Gasteiger partial charge is 0.324 e. The molecule has 0 spiro atoms. The number of aromatic nitrogens is 4. The molecule has 4 amide bonds. The largest absolute Gasteiger partial charge is 0.496 e. The van der Waals surface area contributed by atoms with Crippen molar-refractivity contribution in [2.75, 3.05) is 50.2 Å². The first kappa shape index (κ1) is 37.1. The average Bonchev–Trinajstić information content (AvgIpc) is 3.97. The van der Waals surface area contributed by atoms with Gasteiger partial charge >= 0.3 is 12.1 Å². The number of hydrogen-bond acceptors (Lipinski definition) is 6. The van der Waals surface area contributed by atoms with Gasteiger partial charge in [0.1, 0.15) is 11.5 Å². The molecule has 4 heterocycles. The molecule has 0 atom stereocenters. The summed E-state index contributed by atoms with van der Waals surface area (Å²) in [4.78, 5) is 33.5. The molecule has 0 bridgehead atoms. The highest BCUT2D eigenvalue weighted by molar-refractivity contribution is 6.31. The van der Waals surface area contributed by atoms with Crippen molar-refractivity contribution >= 4 is 35.0 Å². The molecule has 8 rings (SSSR count). The van der Waals surface area contributed by atoms with Crippen LogP contribution in [-0.4, -0.2) is 82.7 Å². The van der Waals surface area contributed by atoms with Crippen LogP contribution in [0, 0.1) is 0 Å². The van der Waals surface area contributed by atoms with Crippen molar-refractivity contribution in [3.8, 4) is 33.8 Å². The summed E-state index contributed by atoms with van der Waals surface area (Å²) in [5, 5.41) is 14.3. The fourth-order valence-electron chi connectivity index (χ4n) is 6.94. The van der Waals surface area contributed by atoms with Crippen molar-refractivity contribution < 1.29 is 19.1 Å². The Morgan fingerprint density at radius 3 is 1.64 bits per heavy atom. The number of carbonyl (C=O) groups excluding carboxylic acids is 2. The van der Waals surface area contributed by atoms with Crippen LogP contribution in [-0.2, 0) is 13.1 Å². The van der Waals surface area contributed by atoms with Crippen molar-refractivity contribution in [2.45, 2.75) is 25.9 Å². The van der Waals surface area contributed by atoms with Gasteiger partial charge in [0.25, 0.3) is 0 Å². The van der Waals surface area contributed by atoms with Crippen molar-refractivity contribution in [3.05, 3.63) is 132 Å². The number of halogens is 1. The van der Waals surface area contributed by atoms with Gasteiger partial charge in [-0.25, -0.2) is 9.59 Å². The number of urea groups is 2. The number of H-pyrrole nitrogens is 2. The monoisotopic (exact) mass is 758 g/mol. The van der Waals surface area contributed by atoms with Gasteiger partial charge in [-0.2, -0.15) is 10.2 Å². The van der Waals surface area contributed by atoms with Crippen LogP contribution in [0.4, 0.5) is 21.0 Å². The number of benzene rings is 4. The van der Waals surface area contributed by atoms with Crippen molar-refractivity contribution in [1.29, 1.82) is 0 Å². The zero-order valence-corrected chi connectivity index (χ0v) is 31.6. The predicted molar refractivity (Wildman–Crippen MR) is 215 cm³/mol. The Morgan fingerprint density at radius 1 is 0.636 bits per heavy atom. The van der Waals surface area contributed by atoms with E-state index in [0.717, 1.165) is 69.9 Å². The van der Waals surface area contributed by atoms with Gasteiger partial charge in [-0.15, -0.1) is 0 Å². The Balaban J connectivity index is 0.000000169. The summed E-state index contributed by atoms with van der Waals surface area (Å²) >= 11 is 6.27. The SMILES string of the molecule is COc1cc(N2CCCN(Cc3ccccc3)C2=O)ccc1-c1cn[nH]c1.COc1cc(N2CCCN(Cc3ccccc3Cl)C2=O)ccc1-c1cn[nH]c1. The number of nitrogens with zero attached hydrogens (tertiary/aromatic N) is 6. The number of methoxy groups -OCH3 is 2. The lowest BCUT2D eigenvalue weighted by atomic mass is 10.1. The van der Waals surface area contributed by atoms with Gasteiger partial charge in [-0.3, -0.25) is 20.0 Å². The first-order chi connectivity index (χ1) is 26.9. The van der Waals surface area contributed by atoms with E-state index >= 15 is 0 Å². The van der Waals surface area contributed by atoms with Gasteiger partial charge in [0.15, 0.2) is 0 Å². The number of ether oxygens (including phenoxy) is 2. The highest BCUT2D eigenvalue weighted by Gasteiger charge is 2.29. The van der Waals surface area contributed by atoms with Crippen LogP contribution in [0.15, 0.2) is 116 Å². The van der Waals surface area contributed by atoms with Crippen LogP contribution >= 0.6 is 11.6 Å². The van der Waals surface area contributed by atoms with E-state index < -0.39 is 0 Å².